The van der Waals surface area contributed by atoms with E-state index in [1.165, 1.54) is 0 Å². The molecule has 0 saturated heterocycles. The highest BCUT2D eigenvalue weighted by molar-refractivity contribution is 5.92. The number of nitrogens with one attached hydrogen (secondary N) is 1. The van der Waals surface area contributed by atoms with E-state index in [-0.39, 0.29) is 12.5 Å². The van der Waals surface area contributed by atoms with Crippen molar-refractivity contribution in [2.45, 2.75) is 13.3 Å². The van der Waals surface area contributed by atoms with Crippen molar-refractivity contribution in [3.8, 4) is 5.75 Å². The molecule has 0 unspecified atom stereocenters. The van der Waals surface area contributed by atoms with Crippen molar-refractivity contribution in [3.63, 3.8) is 0 Å². The zero-order valence-corrected chi connectivity index (χ0v) is 13.3. The lowest BCUT2D eigenvalue weighted by Crippen LogP contribution is -2.20. The summed E-state index contributed by atoms with van der Waals surface area (Å²) < 4.78 is 5.60. The predicted octanol–water partition coefficient (Wildman–Crippen LogP) is 3.33. The summed E-state index contributed by atoms with van der Waals surface area (Å²) in [4.78, 5) is 14.0. The Bertz CT molecular complexity index is 621. The summed E-state index contributed by atoms with van der Waals surface area (Å²) in [5.41, 5.74) is 2.96. The van der Waals surface area contributed by atoms with E-state index in [0.29, 0.717) is 0 Å². The fraction of sp³-hybridized carbons (Fsp3) is 0.278. The van der Waals surface area contributed by atoms with Gasteiger partial charge in [-0.05, 0) is 42.3 Å². The largest absolute Gasteiger partial charge is 0.483 e. The second-order valence-corrected chi connectivity index (χ2v) is 5.24. The Morgan fingerprint density at radius 3 is 2.41 bits per heavy atom. The molecule has 1 amide bonds. The third-order valence-corrected chi connectivity index (χ3v) is 3.38. The maximum atomic E-state index is 12.0. The van der Waals surface area contributed by atoms with E-state index in [1.54, 1.807) is 0 Å². The summed E-state index contributed by atoms with van der Waals surface area (Å²) in [5, 5.41) is 2.83. The first-order chi connectivity index (χ1) is 10.6. The molecule has 116 valence electrons. The Labute approximate surface area is 131 Å². The summed E-state index contributed by atoms with van der Waals surface area (Å²) in [6.07, 6.45) is 0.879. The van der Waals surface area contributed by atoms with E-state index < -0.39 is 0 Å². The van der Waals surface area contributed by atoms with E-state index in [1.807, 2.05) is 67.5 Å². The molecule has 4 heteroatoms. The molecule has 0 spiro atoms. The van der Waals surface area contributed by atoms with Crippen LogP contribution in [0.2, 0.25) is 0 Å². The third-order valence-electron chi connectivity index (χ3n) is 3.38. The molecular formula is C18H22N2O2. The zero-order chi connectivity index (χ0) is 15.9. The number of hydrogen-bond acceptors (Lipinski definition) is 3. The normalized spacial score (nSPS) is 10.1. The number of nitrogens with zero attached hydrogens (tertiary/aromatic N) is 1. The number of ether oxygens (including phenoxy) is 1. The van der Waals surface area contributed by atoms with Gasteiger partial charge in [-0.25, -0.2) is 0 Å². The zero-order valence-electron chi connectivity index (χ0n) is 13.3. The Morgan fingerprint density at radius 2 is 1.77 bits per heavy atom. The summed E-state index contributed by atoms with van der Waals surface area (Å²) >= 11 is 0. The lowest BCUT2D eigenvalue weighted by Gasteiger charge is -2.13. The number of carbonyl (C=O) groups excluding carboxylic acids is 1. The molecule has 0 aromatic heterocycles. The maximum Gasteiger partial charge on any atom is 0.262 e. The van der Waals surface area contributed by atoms with Crippen LogP contribution in [0.15, 0.2) is 48.5 Å². The average Bonchev–Trinajstić information content (AvgIpc) is 2.53. The van der Waals surface area contributed by atoms with Crippen LogP contribution in [0.3, 0.4) is 0 Å². The minimum Gasteiger partial charge on any atom is -0.483 e. The number of amides is 1. The molecule has 0 bridgehead atoms. The molecule has 0 aliphatic heterocycles. The van der Waals surface area contributed by atoms with Crippen molar-refractivity contribution in [1.82, 2.24) is 0 Å². The number of hydrogen-bond donors (Lipinski definition) is 1. The van der Waals surface area contributed by atoms with Gasteiger partial charge in [-0.3, -0.25) is 4.79 Å². The van der Waals surface area contributed by atoms with Gasteiger partial charge in [-0.15, -0.1) is 0 Å². The highest BCUT2D eigenvalue weighted by Crippen LogP contribution is 2.19. The van der Waals surface area contributed by atoms with Crippen LogP contribution in [-0.2, 0) is 11.2 Å². The van der Waals surface area contributed by atoms with Gasteiger partial charge in [0.25, 0.3) is 5.91 Å². The maximum absolute atomic E-state index is 12.0. The van der Waals surface area contributed by atoms with E-state index in [0.717, 1.165) is 29.1 Å². The molecule has 2 aromatic rings. The van der Waals surface area contributed by atoms with Crippen molar-refractivity contribution in [2.75, 3.05) is 30.9 Å². The van der Waals surface area contributed by atoms with Gasteiger partial charge in [-0.2, -0.15) is 0 Å². The lowest BCUT2D eigenvalue weighted by atomic mass is 10.1. The van der Waals surface area contributed by atoms with E-state index in [2.05, 4.69) is 12.2 Å². The molecule has 0 radical (unpaired) electrons. The second-order valence-electron chi connectivity index (χ2n) is 5.24. The molecule has 0 atom stereocenters. The monoisotopic (exact) mass is 298 g/mol. The molecule has 0 aliphatic carbocycles. The molecule has 0 fully saturated rings. The Hall–Kier alpha value is -2.49. The van der Waals surface area contributed by atoms with Crippen molar-refractivity contribution >= 4 is 17.3 Å². The molecule has 4 nitrogen and oxygen atoms in total. The van der Waals surface area contributed by atoms with Gasteiger partial charge in [0.2, 0.25) is 0 Å². The number of aryl methyl sites for hydroxylation is 1. The van der Waals surface area contributed by atoms with Gasteiger partial charge in [0.1, 0.15) is 5.75 Å². The van der Waals surface area contributed by atoms with Gasteiger partial charge >= 0.3 is 0 Å². The Morgan fingerprint density at radius 1 is 1.09 bits per heavy atom. The van der Waals surface area contributed by atoms with Gasteiger partial charge in [0, 0.05) is 25.5 Å². The van der Waals surface area contributed by atoms with Crippen molar-refractivity contribution in [2.24, 2.45) is 0 Å². The summed E-state index contributed by atoms with van der Waals surface area (Å²) in [5.74, 6) is 0.603. The van der Waals surface area contributed by atoms with Crippen molar-refractivity contribution < 1.29 is 9.53 Å². The van der Waals surface area contributed by atoms with Crippen LogP contribution in [0, 0.1) is 0 Å². The van der Waals surface area contributed by atoms with Crippen LogP contribution >= 0.6 is 0 Å². The summed E-state index contributed by atoms with van der Waals surface area (Å²) in [7, 11) is 3.96. The standard InChI is InChI=1S/C18H22N2O2/c1-4-14-7-5-6-8-17(14)22-13-18(21)19-15-9-11-16(12-10-15)20(2)3/h5-12H,4,13H2,1-3H3,(H,19,21). The molecule has 2 rings (SSSR count). The van der Waals surface area contributed by atoms with Crippen LogP contribution in [0.25, 0.3) is 0 Å². The molecular weight excluding hydrogens is 276 g/mol. The topological polar surface area (TPSA) is 41.6 Å². The fourth-order valence-electron chi connectivity index (χ4n) is 2.12. The van der Waals surface area contributed by atoms with Crippen LogP contribution in [0.5, 0.6) is 5.75 Å². The smallest absolute Gasteiger partial charge is 0.262 e. The molecule has 0 saturated carbocycles. The van der Waals surface area contributed by atoms with E-state index >= 15 is 0 Å². The average molecular weight is 298 g/mol. The number of para-hydroxylation sites is 1. The van der Waals surface area contributed by atoms with Crippen LogP contribution in [0.1, 0.15) is 12.5 Å². The molecule has 1 N–H and O–H groups in total. The van der Waals surface area contributed by atoms with E-state index in [9.17, 15) is 4.79 Å². The van der Waals surface area contributed by atoms with Crippen molar-refractivity contribution in [1.29, 1.82) is 0 Å². The fourth-order valence-corrected chi connectivity index (χ4v) is 2.12. The summed E-state index contributed by atoms with van der Waals surface area (Å²) in [6.45, 7) is 2.07. The van der Waals surface area contributed by atoms with Crippen LogP contribution < -0.4 is 15.0 Å². The number of rotatable bonds is 6. The highest BCUT2D eigenvalue weighted by atomic mass is 16.5. The van der Waals surface area contributed by atoms with Gasteiger partial charge in [0.05, 0.1) is 0 Å². The van der Waals surface area contributed by atoms with Crippen LogP contribution in [0.4, 0.5) is 11.4 Å². The molecule has 0 aliphatic rings. The van der Waals surface area contributed by atoms with Gasteiger partial charge in [-0.1, -0.05) is 25.1 Å². The van der Waals surface area contributed by atoms with Gasteiger partial charge in [0.15, 0.2) is 6.61 Å². The Balaban J connectivity index is 1.90. The molecule has 22 heavy (non-hydrogen) atoms. The summed E-state index contributed by atoms with van der Waals surface area (Å²) in [6, 6.07) is 15.5. The van der Waals surface area contributed by atoms with Crippen LogP contribution in [-0.4, -0.2) is 26.6 Å². The first-order valence-electron chi connectivity index (χ1n) is 7.38. The second kappa shape index (κ2) is 7.50. The van der Waals surface area contributed by atoms with Crippen molar-refractivity contribution in [3.05, 3.63) is 54.1 Å². The quantitative estimate of drug-likeness (QED) is 0.889. The lowest BCUT2D eigenvalue weighted by molar-refractivity contribution is -0.118. The number of carbonyl (C=O) groups is 1. The first kappa shape index (κ1) is 15.9. The highest BCUT2D eigenvalue weighted by Gasteiger charge is 2.06. The number of benzene rings is 2. The Kier molecular flexibility index (Phi) is 5.42. The molecule has 0 heterocycles. The predicted molar refractivity (Wildman–Crippen MR) is 90.7 cm³/mol. The molecule has 2 aromatic carbocycles. The first-order valence-corrected chi connectivity index (χ1v) is 7.38. The minimum atomic E-state index is -0.163. The minimum absolute atomic E-state index is 0.00639. The third kappa shape index (κ3) is 4.25. The van der Waals surface area contributed by atoms with E-state index in [4.69, 9.17) is 4.74 Å². The number of anilines is 2. The van der Waals surface area contributed by atoms with Gasteiger partial charge < -0.3 is 15.0 Å². The SMILES string of the molecule is CCc1ccccc1OCC(=O)Nc1ccc(N(C)C)cc1.